The average Bonchev–Trinajstić information content (AvgIpc) is 2.70. The maximum atomic E-state index is 14.1. The number of aryl methyl sites for hydroxylation is 1. The van der Waals surface area contributed by atoms with Gasteiger partial charge in [-0.15, -0.1) is 0 Å². The second-order valence-corrected chi connectivity index (χ2v) is 7.50. The number of hydrogen-bond acceptors (Lipinski definition) is 2. The minimum atomic E-state index is -0.557. The van der Waals surface area contributed by atoms with Crippen molar-refractivity contribution in [2.24, 2.45) is 0 Å². The summed E-state index contributed by atoms with van der Waals surface area (Å²) in [5.74, 6) is -1.06. The minimum absolute atomic E-state index is 0.0377. The number of benzene rings is 3. The molecule has 3 rings (SSSR count). The van der Waals surface area contributed by atoms with E-state index in [1.807, 2.05) is 54.6 Å². The largest absolute Gasteiger partial charge is 0.326 e. The summed E-state index contributed by atoms with van der Waals surface area (Å²) in [6, 6.07) is 21.1. The number of nitrogens with one attached hydrogen (secondary N) is 2. The molecular weight excluding hydrogens is 435 g/mol. The third-order valence-corrected chi connectivity index (χ3v) is 4.75. The third-order valence-electron chi connectivity index (χ3n) is 4.26. The molecule has 0 aliphatic heterocycles. The first-order valence-corrected chi connectivity index (χ1v) is 9.96. The average molecular weight is 455 g/mol. The molecule has 4 nitrogen and oxygen atoms in total. The molecule has 148 valence electrons. The van der Waals surface area contributed by atoms with Crippen molar-refractivity contribution in [1.82, 2.24) is 0 Å². The number of anilines is 2. The summed E-state index contributed by atoms with van der Waals surface area (Å²) in [6.45, 7) is 0. The van der Waals surface area contributed by atoms with Crippen molar-refractivity contribution in [3.63, 3.8) is 0 Å². The van der Waals surface area contributed by atoms with E-state index in [1.54, 1.807) is 0 Å². The molecule has 3 aromatic rings. The van der Waals surface area contributed by atoms with Crippen molar-refractivity contribution < 1.29 is 14.0 Å². The quantitative estimate of drug-likeness (QED) is 0.505. The fourth-order valence-corrected chi connectivity index (χ4v) is 3.29. The number of carbonyl (C=O) groups is 2. The summed E-state index contributed by atoms with van der Waals surface area (Å²) in [5.41, 5.74) is 2.35. The van der Waals surface area contributed by atoms with E-state index >= 15 is 0 Å². The standard InChI is InChI=1S/C23H20BrFN2O2/c24-18-8-4-7-17(13-18)9-12-22(28)26-19-10-11-20(25)21(15-19)27-23(29)14-16-5-2-1-3-6-16/h1-8,10-11,13,15H,9,12,14H2,(H,26,28)(H,27,29). The van der Waals surface area contributed by atoms with E-state index in [-0.39, 0.29) is 23.9 Å². The van der Waals surface area contributed by atoms with E-state index in [1.165, 1.54) is 18.2 Å². The summed E-state index contributed by atoms with van der Waals surface area (Å²) in [5, 5.41) is 5.31. The first kappa shape index (κ1) is 20.7. The number of hydrogen-bond donors (Lipinski definition) is 2. The second-order valence-electron chi connectivity index (χ2n) is 6.58. The highest BCUT2D eigenvalue weighted by Crippen LogP contribution is 2.21. The van der Waals surface area contributed by atoms with Crippen molar-refractivity contribution >= 4 is 39.1 Å². The van der Waals surface area contributed by atoms with Gasteiger partial charge in [-0.25, -0.2) is 4.39 Å². The van der Waals surface area contributed by atoms with E-state index < -0.39 is 5.82 Å². The van der Waals surface area contributed by atoms with E-state index in [9.17, 15) is 14.0 Å². The van der Waals surface area contributed by atoms with Crippen molar-refractivity contribution in [2.75, 3.05) is 10.6 Å². The second kappa shape index (κ2) is 9.98. The highest BCUT2D eigenvalue weighted by atomic mass is 79.9. The van der Waals surface area contributed by atoms with Gasteiger partial charge in [-0.1, -0.05) is 58.4 Å². The Balaban J connectivity index is 1.57. The molecular formula is C23H20BrFN2O2. The fraction of sp³-hybridized carbons (Fsp3) is 0.130. The zero-order valence-electron chi connectivity index (χ0n) is 15.6. The van der Waals surface area contributed by atoms with E-state index in [2.05, 4.69) is 26.6 Å². The number of halogens is 2. The van der Waals surface area contributed by atoms with Crippen molar-refractivity contribution in [1.29, 1.82) is 0 Å². The molecule has 0 unspecified atom stereocenters. The molecule has 0 heterocycles. The predicted octanol–water partition coefficient (Wildman–Crippen LogP) is 5.34. The van der Waals surface area contributed by atoms with Gasteiger partial charge >= 0.3 is 0 Å². The smallest absolute Gasteiger partial charge is 0.228 e. The fourth-order valence-electron chi connectivity index (χ4n) is 2.85. The SMILES string of the molecule is O=C(CCc1cccc(Br)c1)Nc1ccc(F)c(NC(=O)Cc2ccccc2)c1. The van der Waals surface area contributed by atoms with Gasteiger partial charge in [0, 0.05) is 16.6 Å². The Labute approximate surface area is 177 Å². The van der Waals surface area contributed by atoms with Crippen molar-refractivity contribution in [3.05, 3.63) is 94.2 Å². The molecule has 0 saturated heterocycles. The molecule has 0 bridgehead atoms. The Morgan fingerprint density at radius 3 is 2.34 bits per heavy atom. The van der Waals surface area contributed by atoms with Gasteiger partial charge in [0.2, 0.25) is 11.8 Å². The lowest BCUT2D eigenvalue weighted by Crippen LogP contribution is -2.16. The number of amides is 2. The van der Waals surface area contributed by atoms with Crippen LogP contribution < -0.4 is 10.6 Å². The Kier molecular flexibility index (Phi) is 7.14. The molecule has 0 fully saturated rings. The molecule has 0 aliphatic carbocycles. The van der Waals surface area contributed by atoms with Crippen molar-refractivity contribution in [3.8, 4) is 0 Å². The Morgan fingerprint density at radius 1 is 0.828 bits per heavy atom. The van der Waals surface area contributed by atoms with Gasteiger partial charge in [0.05, 0.1) is 12.1 Å². The Morgan fingerprint density at radius 2 is 1.59 bits per heavy atom. The Bertz CT molecular complexity index is 1010. The van der Waals surface area contributed by atoms with Gasteiger partial charge in [0.25, 0.3) is 0 Å². The monoisotopic (exact) mass is 454 g/mol. The Hall–Kier alpha value is -2.99. The van der Waals surface area contributed by atoms with E-state index in [0.717, 1.165) is 15.6 Å². The zero-order valence-corrected chi connectivity index (χ0v) is 17.2. The van der Waals surface area contributed by atoms with Gasteiger partial charge < -0.3 is 10.6 Å². The molecule has 0 spiro atoms. The van der Waals surface area contributed by atoms with Crippen LogP contribution in [0.3, 0.4) is 0 Å². The molecule has 2 N–H and O–H groups in total. The molecule has 29 heavy (non-hydrogen) atoms. The van der Waals surface area contributed by atoms with Gasteiger partial charge in [-0.2, -0.15) is 0 Å². The van der Waals surface area contributed by atoms with Gasteiger partial charge in [-0.05, 0) is 47.9 Å². The maximum absolute atomic E-state index is 14.1. The summed E-state index contributed by atoms with van der Waals surface area (Å²) < 4.78 is 15.0. The molecule has 0 aliphatic rings. The minimum Gasteiger partial charge on any atom is -0.326 e. The summed E-state index contributed by atoms with van der Waals surface area (Å²) >= 11 is 3.41. The normalized spacial score (nSPS) is 10.4. The first-order chi connectivity index (χ1) is 14.0. The lowest BCUT2D eigenvalue weighted by molar-refractivity contribution is -0.116. The molecule has 3 aromatic carbocycles. The van der Waals surface area contributed by atoms with Crippen LogP contribution in [-0.2, 0) is 22.4 Å². The maximum Gasteiger partial charge on any atom is 0.228 e. The topological polar surface area (TPSA) is 58.2 Å². The van der Waals surface area contributed by atoms with Gasteiger partial charge in [-0.3, -0.25) is 9.59 Å². The van der Waals surface area contributed by atoms with E-state index in [0.29, 0.717) is 18.5 Å². The predicted molar refractivity (Wildman–Crippen MR) is 116 cm³/mol. The lowest BCUT2D eigenvalue weighted by Gasteiger charge is -2.10. The molecule has 0 radical (unpaired) electrons. The molecule has 0 atom stereocenters. The summed E-state index contributed by atoms with van der Waals surface area (Å²) in [6.07, 6.45) is 1.03. The highest BCUT2D eigenvalue weighted by Gasteiger charge is 2.10. The first-order valence-electron chi connectivity index (χ1n) is 9.17. The van der Waals surface area contributed by atoms with Crippen molar-refractivity contribution in [2.45, 2.75) is 19.3 Å². The van der Waals surface area contributed by atoms with Crippen LogP contribution in [0.25, 0.3) is 0 Å². The molecule has 6 heteroatoms. The third kappa shape index (κ3) is 6.54. The zero-order chi connectivity index (χ0) is 20.6. The van der Waals surface area contributed by atoms with Crippen LogP contribution in [0, 0.1) is 5.82 Å². The highest BCUT2D eigenvalue weighted by molar-refractivity contribution is 9.10. The van der Waals surface area contributed by atoms with Gasteiger partial charge in [0.15, 0.2) is 0 Å². The summed E-state index contributed by atoms with van der Waals surface area (Å²) in [4.78, 5) is 24.4. The summed E-state index contributed by atoms with van der Waals surface area (Å²) in [7, 11) is 0. The van der Waals surface area contributed by atoms with Crippen LogP contribution >= 0.6 is 15.9 Å². The van der Waals surface area contributed by atoms with Crippen LogP contribution in [0.5, 0.6) is 0 Å². The lowest BCUT2D eigenvalue weighted by atomic mass is 10.1. The van der Waals surface area contributed by atoms with Gasteiger partial charge in [0.1, 0.15) is 5.82 Å². The van der Waals surface area contributed by atoms with Crippen LogP contribution in [0.2, 0.25) is 0 Å². The van der Waals surface area contributed by atoms with Crippen LogP contribution in [0.1, 0.15) is 17.5 Å². The molecule has 2 amide bonds. The molecule has 0 saturated carbocycles. The van der Waals surface area contributed by atoms with Crippen LogP contribution in [-0.4, -0.2) is 11.8 Å². The number of rotatable bonds is 7. The molecule has 0 aromatic heterocycles. The number of carbonyl (C=O) groups excluding carboxylic acids is 2. The van der Waals surface area contributed by atoms with Crippen LogP contribution in [0.15, 0.2) is 77.3 Å². The van der Waals surface area contributed by atoms with Crippen LogP contribution in [0.4, 0.5) is 15.8 Å². The van der Waals surface area contributed by atoms with E-state index in [4.69, 9.17) is 0 Å².